The maximum Gasteiger partial charge on any atom is 0.167 e. The van der Waals surface area contributed by atoms with Gasteiger partial charge in [0.25, 0.3) is 0 Å². The molecule has 168 valence electrons. The molecule has 1 saturated carbocycles. The van der Waals surface area contributed by atoms with Crippen molar-refractivity contribution in [1.29, 1.82) is 0 Å². The van der Waals surface area contributed by atoms with Gasteiger partial charge in [0.2, 0.25) is 0 Å². The zero-order valence-electron chi connectivity index (χ0n) is 18.1. The molecular weight excluding hydrogens is 406 g/mol. The van der Waals surface area contributed by atoms with Gasteiger partial charge in [-0.2, -0.15) is 0 Å². The normalized spacial score (nSPS) is 19.6. The van der Waals surface area contributed by atoms with Crippen molar-refractivity contribution in [2.45, 2.75) is 38.0 Å². The lowest BCUT2D eigenvalue weighted by atomic mass is 9.80. The van der Waals surface area contributed by atoms with Gasteiger partial charge in [-0.25, -0.2) is 4.98 Å². The monoisotopic (exact) mass is 435 g/mol. The summed E-state index contributed by atoms with van der Waals surface area (Å²) in [5, 5.41) is 26.3. The number of aromatic nitrogens is 3. The molecule has 0 unspecified atom stereocenters. The Hall–Kier alpha value is -2.96. The van der Waals surface area contributed by atoms with E-state index in [9.17, 15) is 5.11 Å². The van der Waals surface area contributed by atoms with Crippen molar-refractivity contribution < 1.29 is 14.7 Å². The Balaban J connectivity index is 1.41. The molecule has 2 atom stereocenters. The van der Waals surface area contributed by atoms with Crippen LogP contribution in [0, 0.1) is 17.8 Å². The van der Waals surface area contributed by atoms with Crippen molar-refractivity contribution >= 4 is 0 Å². The van der Waals surface area contributed by atoms with Crippen molar-refractivity contribution in [3.05, 3.63) is 59.8 Å². The quantitative estimate of drug-likeness (QED) is 0.398. The molecule has 5 N–H and O–H groups in total. The first-order chi connectivity index (χ1) is 15.6. The molecule has 1 aromatic carbocycles. The van der Waals surface area contributed by atoms with Gasteiger partial charge < -0.3 is 30.4 Å². The molecule has 8 heteroatoms. The molecule has 4 rings (SSSR count). The van der Waals surface area contributed by atoms with E-state index in [0.717, 1.165) is 24.0 Å². The van der Waals surface area contributed by atoms with Crippen LogP contribution < -0.4 is 11.1 Å². The summed E-state index contributed by atoms with van der Waals surface area (Å²) in [6, 6.07) is 9.97. The molecule has 1 aliphatic carbocycles. The Bertz CT molecular complexity index is 1070. The van der Waals surface area contributed by atoms with Crippen molar-refractivity contribution in [3.8, 4) is 23.2 Å². The average Bonchev–Trinajstić information content (AvgIpc) is 3.44. The van der Waals surface area contributed by atoms with E-state index in [1.165, 1.54) is 0 Å². The Labute approximate surface area is 187 Å². The van der Waals surface area contributed by atoms with Crippen LogP contribution in [0.1, 0.15) is 49.0 Å². The fraction of sp³-hybridized carbons (Fsp3) is 0.417. The molecular formula is C24H29N5O3. The molecule has 1 fully saturated rings. The van der Waals surface area contributed by atoms with Crippen LogP contribution in [0.25, 0.3) is 11.3 Å². The number of aliphatic hydroxyl groups excluding tert-OH is 2. The number of nitrogens with two attached hydrogens (primary N) is 1. The Kier molecular flexibility index (Phi) is 7.02. The molecule has 0 amide bonds. The van der Waals surface area contributed by atoms with Gasteiger partial charge in [-0.3, -0.25) is 0 Å². The average molecular weight is 436 g/mol. The summed E-state index contributed by atoms with van der Waals surface area (Å²) in [5.74, 6) is 8.16. The lowest BCUT2D eigenvalue weighted by Crippen LogP contribution is -2.41. The minimum atomic E-state index is -0.707. The Morgan fingerprint density at radius 2 is 2.09 bits per heavy atom. The number of hydrogen-bond acceptors (Lipinski definition) is 7. The van der Waals surface area contributed by atoms with E-state index in [4.69, 9.17) is 15.4 Å². The third-order valence-electron chi connectivity index (χ3n) is 5.77. The number of nitrogens with one attached hydrogen (secondary N) is 1. The highest BCUT2D eigenvalue weighted by atomic mass is 16.5. The number of nitrogens with zero attached hydrogens (tertiary/aromatic N) is 3. The van der Waals surface area contributed by atoms with Gasteiger partial charge in [0.05, 0.1) is 12.6 Å². The Morgan fingerprint density at radius 1 is 1.31 bits per heavy atom. The van der Waals surface area contributed by atoms with Crippen molar-refractivity contribution in [3.63, 3.8) is 0 Å². The van der Waals surface area contributed by atoms with E-state index in [1.54, 1.807) is 19.3 Å². The predicted molar refractivity (Wildman–Crippen MR) is 120 cm³/mol. The number of rotatable bonds is 8. The molecule has 2 heterocycles. The topological polar surface area (TPSA) is 122 Å². The summed E-state index contributed by atoms with van der Waals surface area (Å²) >= 11 is 0. The van der Waals surface area contributed by atoms with Crippen LogP contribution in [0.2, 0.25) is 0 Å². The fourth-order valence-electron chi connectivity index (χ4n) is 3.94. The molecule has 1 aliphatic rings. The van der Waals surface area contributed by atoms with E-state index >= 15 is 0 Å². The number of aliphatic hydroxyl groups is 2. The van der Waals surface area contributed by atoms with Crippen molar-refractivity contribution in [2.24, 2.45) is 11.7 Å². The van der Waals surface area contributed by atoms with E-state index in [1.807, 2.05) is 34.9 Å². The molecule has 2 aromatic heterocycles. The molecule has 0 saturated heterocycles. The van der Waals surface area contributed by atoms with Gasteiger partial charge in [0.1, 0.15) is 17.6 Å². The highest BCUT2D eigenvalue weighted by Gasteiger charge is 2.26. The SMILES string of the molecule is C[C@H](O)c1nccn1[C@H](CN)c1cc(-c2ccc(C#CC3CC(NCCO)C3)cc2)on1. The lowest BCUT2D eigenvalue weighted by Gasteiger charge is -2.32. The van der Waals surface area contributed by atoms with Gasteiger partial charge >= 0.3 is 0 Å². The van der Waals surface area contributed by atoms with Gasteiger partial charge in [-0.1, -0.05) is 17.0 Å². The standard InChI is InChI=1S/C24H29N5O3/c1-16(31)24-27-8-10-29(24)22(15-25)21-14-23(32-28-21)19-6-4-17(5-7-19)2-3-18-12-20(13-18)26-9-11-30/h4-8,10,14,16,18,20,22,26,30-31H,9,11-13,15,25H2,1H3/t16-,18?,20?,22+/m0/s1. The van der Waals surface area contributed by atoms with Crippen LogP contribution in [0.15, 0.2) is 47.2 Å². The molecule has 32 heavy (non-hydrogen) atoms. The predicted octanol–water partition coefficient (Wildman–Crippen LogP) is 1.85. The number of hydrogen-bond donors (Lipinski definition) is 4. The summed E-state index contributed by atoms with van der Waals surface area (Å²) in [5.41, 5.74) is 8.54. The summed E-state index contributed by atoms with van der Waals surface area (Å²) in [4.78, 5) is 4.21. The molecule has 0 bridgehead atoms. The highest BCUT2D eigenvalue weighted by Crippen LogP contribution is 2.28. The molecule has 0 spiro atoms. The molecule has 3 aromatic rings. The first kappa shape index (κ1) is 22.2. The van der Waals surface area contributed by atoms with Crippen LogP contribution in [0.4, 0.5) is 0 Å². The van der Waals surface area contributed by atoms with Crippen molar-refractivity contribution in [2.75, 3.05) is 19.7 Å². The minimum Gasteiger partial charge on any atom is -0.395 e. The van der Waals surface area contributed by atoms with Crippen molar-refractivity contribution in [1.82, 2.24) is 20.0 Å². The second kappa shape index (κ2) is 10.1. The van der Waals surface area contributed by atoms with Gasteiger partial charge in [0.15, 0.2) is 5.76 Å². The lowest BCUT2D eigenvalue weighted by molar-refractivity contribution is 0.182. The number of imidazole rings is 1. The van der Waals surface area contributed by atoms with Gasteiger partial charge in [-0.15, -0.1) is 0 Å². The largest absolute Gasteiger partial charge is 0.395 e. The first-order valence-electron chi connectivity index (χ1n) is 10.9. The van der Waals surface area contributed by atoms with Crippen LogP contribution in [0.5, 0.6) is 0 Å². The molecule has 8 nitrogen and oxygen atoms in total. The maximum atomic E-state index is 9.95. The van der Waals surface area contributed by atoms with Gasteiger partial charge in [0, 0.05) is 54.6 Å². The zero-order chi connectivity index (χ0) is 22.5. The Morgan fingerprint density at radius 3 is 2.78 bits per heavy atom. The third-order valence-corrected chi connectivity index (χ3v) is 5.77. The molecule has 0 radical (unpaired) electrons. The number of benzene rings is 1. The summed E-state index contributed by atoms with van der Waals surface area (Å²) < 4.78 is 7.41. The van der Waals surface area contributed by atoms with Crippen LogP contribution in [0.3, 0.4) is 0 Å². The van der Waals surface area contributed by atoms with Gasteiger partial charge in [-0.05, 0) is 44.0 Å². The third kappa shape index (κ3) is 4.92. The zero-order valence-corrected chi connectivity index (χ0v) is 18.1. The summed E-state index contributed by atoms with van der Waals surface area (Å²) in [6.45, 7) is 2.79. The van der Waals surface area contributed by atoms with E-state index in [0.29, 0.717) is 42.3 Å². The fourth-order valence-corrected chi connectivity index (χ4v) is 3.94. The summed E-state index contributed by atoms with van der Waals surface area (Å²) in [6.07, 6.45) is 4.78. The van der Waals surface area contributed by atoms with E-state index in [-0.39, 0.29) is 12.6 Å². The van der Waals surface area contributed by atoms with Crippen LogP contribution >= 0.6 is 0 Å². The van der Waals surface area contributed by atoms with E-state index < -0.39 is 6.10 Å². The summed E-state index contributed by atoms with van der Waals surface area (Å²) in [7, 11) is 0. The van der Waals surface area contributed by atoms with Crippen LogP contribution in [-0.2, 0) is 0 Å². The second-order valence-electron chi connectivity index (χ2n) is 8.13. The highest BCUT2D eigenvalue weighted by molar-refractivity contribution is 5.59. The second-order valence-corrected chi connectivity index (χ2v) is 8.13. The van der Waals surface area contributed by atoms with E-state index in [2.05, 4.69) is 27.3 Å². The molecule has 0 aliphatic heterocycles. The first-order valence-corrected chi connectivity index (χ1v) is 10.9. The maximum absolute atomic E-state index is 9.95. The van der Waals surface area contributed by atoms with Crippen LogP contribution in [-0.4, -0.2) is 50.7 Å². The minimum absolute atomic E-state index is 0.172. The smallest absolute Gasteiger partial charge is 0.167 e.